The van der Waals surface area contributed by atoms with Crippen LogP contribution in [0.5, 0.6) is 0 Å². The van der Waals surface area contributed by atoms with Crippen molar-refractivity contribution in [3.8, 4) is 0 Å². The molecule has 0 unspecified atom stereocenters. The number of rotatable bonds is 2. The molecule has 0 spiro atoms. The highest BCUT2D eigenvalue weighted by Gasteiger charge is 2.84. The van der Waals surface area contributed by atoms with E-state index in [0.717, 1.165) is 0 Å². The van der Waals surface area contributed by atoms with Gasteiger partial charge < -0.3 is 5.32 Å². The van der Waals surface area contributed by atoms with Crippen LogP contribution in [0.1, 0.15) is 5.56 Å². The molecule has 1 nitrogen and oxygen atoms in total. The van der Waals surface area contributed by atoms with Crippen molar-refractivity contribution >= 4 is 5.69 Å². The van der Waals surface area contributed by atoms with Crippen molar-refractivity contribution in [1.82, 2.24) is 0 Å². The summed E-state index contributed by atoms with van der Waals surface area (Å²) in [5, 5.41) is -0.00748. The highest BCUT2D eigenvalue weighted by atomic mass is 19.4. The lowest BCUT2D eigenvalue weighted by Gasteiger charge is -2.40. The Balaban J connectivity index is 3.69. The summed E-state index contributed by atoms with van der Waals surface area (Å²) in [6, 6.07) is 1.20. The second-order valence-corrected chi connectivity index (χ2v) is 4.41. The normalized spacial score (nSPS) is 14.7. The second-order valence-electron chi connectivity index (χ2n) is 4.41. The van der Waals surface area contributed by atoms with Gasteiger partial charge in [-0.25, -0.2) is 0 Å². The first kappa shape index (κ1) is 20.2. The molecule has 24 heavy (non-hydrogen) atoms. The number of halogens is 12. The molecule has 138 valence electrons. The van der Waals surface area contributed by atoms with E-state index in [2.05, 4.69) is 0 Å². The van der Waals surface area contributed by atoms with E-state index in [-0.39, 0.29) is 17.4 Å². The fraction of sp³-hybridized carbons (Fsp3) is 0.455. The van der Waals surface area contributed by atoms with Gasteiger partial charge in [0.05, 0.1) is 5.56 Å². The summed E-state index contributed by atoms with van der Waals surface area (Å²) < 4.78 is 152. The smallest absolute Gasteiger partial charge is 0.356 e. The van der Waals surface area contributed by atoms with Gasteiger partial charge in [-0.2, -0.15) is 52.7 Å². The summed E-state index contributed by atoms with van der Waals surface area (Å²) in [5.41, 5.74) is -10.7. The molecule has 0 heterocycles. The molecule has 1 rings (SSSR count). The van der Waals surface area contributed by atoms with Crippen molar-refractivity contribution in [3.63, 3.8) is 0 Å². The minimum absolute atomic E-state index is 0.00748. The van der Waals surface area contributed by atoms with Gasteiger partial charge in [-0.1, -0.05) is 12.1 Å². The molecular weight excluding hydrogens is 374 g/mol. The molecule has 0 saturated heterocycles. The van der Waals surface area contributed by atoms with Gasteiger partial charge in [0, 0.05) is 5.69 Å². The van der Waals surface area contributed by atoms with Crippen LogP contribution in [0, 0.1) is 0 Å². The van der Waals surface area contributed by atoms with Crippen LogP contribution in [0.4, 0.5) is 58.4 Å². The largest absolute Gasteiger partial charge is 0.429 e. The van der Waals surface area contributed by atoms with E-state index in [1.165, 1.54) is 0 Å². The number of anilines is 1. The number of hydrogen-bond acceptors (Lipinski definition) is 1. The average Bonchev–Trinajstić information content (AvgIpc) is 2.30. The van der Waals surface area contributed by atoms with Gasteiger partial charge >= 0.3 is 30.2 Å². The quantitative estimate of drug-likeness (QED) is 0.665. The number of para-hydroxylation sites is 1. The molecule has 0 aromatic heterocycles. The Morgan fingerprint density at radius 1 is 0.583 bits per heavy atom. The predicted molar refractivity (Wildman–Crippen MR) is 56.0 cm³/mol. The van der Waals surface area contributed by atoms with Gasteiger partial charge in [0.2, 0.25) is 0 Å². The Labute approximate surface area is 125 Å². The minimum atomic E-state index is -7.03. The van der Waals surface area contributed by atoms with E-state index in [9.17, 15) is 52.7 Å². The van der Waals surface area contributed by atoms with Gasteiger partial charge in [-0.15, -0.1) is 0 Å². The molecule has 0 radical (unpaired) electrons. The van der Waals surface area contributed by atoms with Crippen LogP contribution >= 0.6 is 0 Å². The molecule has 0 amide bonds. The summed E-state index contributed by atoms with van der Waals surface area (Å²) in [5.74, 6) is 0. The van der Waals surface area contributed by atoms with Gasteiger partial charge in [0.15, 0.2) is 0 Å². The number of hydrogen-bond donors (Lipinski definition) is 1. The molecule has 0 aliphatic heterocycles. The molecule has 0 aliphatic rings. The summed E-state index contributed by atoms with van der Waals surface area (Å²) in [6.45, 7) is 0. The van der Waals surface area contributed by atoms with Crippen molar-refractivity contribution in [2.45, 2.75) is 30.2 Å². The van der Waals surface area contributed by atoms with Crippen molar-refractivity contribution in [1.29, 1.82) is 0 Å². The van der Waals surface area contributed by atoms with Crippen LogP contribution in [0.2, 0.25) is 0 Å². The Morgan fingerprint density at radius 2 is 0.958 bits per heavy atom. The monoisotopic (exact) mass is 379 g/mol. The van der Waals surface area contributed by atoms with Gasteiger partial charge in [0.25, 0.3) is 0 Å². The third-order valence-electron chi connectivity index (χ3n) is 2.83. The third-order valence-corrected chi connectivity index (χ3v) is 2.83. The van der Waals surface area contributed by atoms with Crippen molar-refractivity contribution < 1.29 is 52.7 Å². The first-order valence-electron chi connectivity index (χ1n) is 5.60. The molecule has 1 aromatic rings. The van der Waals surface area contributed by atoms with Gasteiger partial charge in [0.1, 0.15) is 0 Å². The summed E-state index contributed by atoms with van der Waals surface area (Å²) in [4.78, 5) is 0. The van der Waals surface area contributed by atoms with E-state index in [1.807, 2.05) is 0 Å². The van der Waals surface area contributed by atoms with Crippen LogP contribution in [0.25, 0.3) is 0 Å². The zero-order valence-electron chi connectivity index (χ0n) is 10.8. The standard InChI is InChI=1S/C11H5F12N/c12-7(13,14)5-3-1-2-4-6(5)24-8(9(15,16)17,10(18,19)20)11(21,22)23/h1-4,24H. The van der Waals surface area contributed by atoms with Gasteiger partial charge in [-0.05, 0) is 12.1 Å². The maximum Gasteiger partial charge on any atom is 0.429 e. The van der Waals surface area contributed by atoms with Crippen molar-refractivity contribution in [2.24, 2.45) is 0 Å². The minimum Gasteiger partial charge on any atom is -0.356 e. The lowest BCUT2D eigenvalue weighted by Crippen LogP contribution is -2.70. The third kappa shape index (κ3) is 3.34. The Kier molecular flexibility index (Phi) is 4.73. The van der Waals surface area contributed by atoms with E-state index in [1.54, 1.807) is 0 Å². The first-order valence-corrected chi connectivity index (χ1v) is 5.60. The Bertz CT molecular complexity index is 540. The molecule has 0 atom stereocenters. The summed E-state index contributed by atoms with van der Waals surface area (Å²) in [6.07, 6.45) is -26.6. The maximum atomic E-state index is 12.7. The van der Waals surface area contributed by atoms with E-state index < -0.39 is 41.5 Å². The van der Waals surface area contributed by atoms with Crippen molar-refractivity contribution in [2.75, 3.05) is 5.32 Å². The zero-order chi connectivity index (χ0) is 19.2. The molecule has 0 aliphatic carbocycles. The SMILES string of the molecule is FC(F)(F)c1ccccc1NC(C(F)(F)F)(C(F)(F)F)C(F)(F)F. The van der Waals surface area contributed by atoms with Crippen LogP contribution in [-0.2, 0) is 6.18 Å². The molecule has 13 heteroatoms. The van der Waals surface area contributed by atoms with E-state index >= 15 is 0 Å². The lowest BCUT2D eigenvalue weighted by molar-refractivity contribution is -0.370. The average molecular weight is 379 g/mol. The molecule has 1 aromatic carbocycles. The van der Waals surface area contributed by atoms with E-state index in [0.29, 0.717) is 12.1 Å². The topological polar surface area (TPSA) is 12.0 Å². The number of nitrogens with one attached hydrogen (secondary N) is 1. The van der Waals surface area contributed by atoms with E-state index in [4.69, 9.17) is 0 Å². The molecule has 0 bridgehead atoms. The summed E-state index contributed by atoms with van der Waals surface area (Å²) in [7, 11) is 0. The number of benzene rings is 1. The lowest BCUT2D eigenvalue weighted by atomic mass is 9.95. The zero-order valence-corrected chi connectivity index (χ0v) is 10.8. The van der Waals surface area contributed by atoms with Gasteiger partial charge in [-0.3, -0.25) is 0 Å². The predicted octanol–water partition coefficient (Wildman–Crippen LogP) is 5.54. The molecule has 0 fully saturated rings. The first-order chi connectivity index (χ1) is 10.5. The Hall–Kier alpha value is -1.82. The maximum absolute atomic E-state index is 12.7. The van der Waals surface area contributed by atoms with Crippen LogP contribution < -0.4 is 5.32 Å². The Morgan fingerprint density at radius 3 is 1.29 bits per heavy atom. The van der Waals surface area contributed by atoms with Crippen LogP contribution in [0.3, 0.4) is 0 Å². The fourth-order valence-electron chi connectivity index (χ4n) is 1.74. The summed E-state index contributed by atoms with van der Waals surface area (Å²) >= 11 is 0. The van der Waals surface area contributed by atoms with Crippen LogP contribution in [-0.4, -0.2) is 24.1 Å². The van der Waals surface area contributed by atoms with Crippen LogP contribution in [0.15, 0.2) is 24.3 Å². The highest BCUT2D eigenvalue weighted by molar-refractivity contribution is 5.55. The number of alkyl halides is 12. The highest BCUT2D eigenvalue weighted by Crippen LogP contribution is 2.54. The van der Waals surface area contributed by atoms with Crippen molar-refractivity contribution in [3.05, 3.63) is 29.8 Å². The fourth-order valence-corrected chi connectivity index (χ4v) is 1.74. The second kappa shape index (κ2) is 5.62. The molecule has 1 N–H and O–H groups in total. The molecule has 0 saturated carbocycles. The molecular formula is C11H5F12N.